The number of rotatable bonds is 4. The molecule has 0 saturated carbocycles. The van der Waals surface area contributed by atoms with Crippen LogP contribution in [0.5, 0.6) is 0 Å². The van der Waals surface area contributed by atoms with Crippen LogP contribution in [0.2, 0.25) is 0 Å². The highest BCUT2D eigenvalue weighted by Crippen LogP contribution is 2.44. The smallest absolute Gasteiger partial charge is 0.265 e. The highest BCUT2D eigenvalue weighted by atomic mass is 79.9. The van der Waals surface area contributed by atoms with E-state index in [9.17, 15) is 14.7 Å². The Labute approximate surface area is 153 Å². The minimum Gasteiger partial charge on any atom is -0.375 e. The number of H-pyrrole nitrogens is 1. The predicted molar refractivity (Wildman–Crippen MR) is 96.2 cm³/mol. The third-order valence-corrected chi connectivity index (χ3v) is 4.86. The summed E-state index contributed by atoms with van der Waals surface area (Å²) in [6, 6.07) is 5.10. The molecule has 1 aliphatic rings. The van der Waals surface area contributed by atoms with Crippen LogP contribution in [0.15, 0.2) is 22.7 Å². The number of amides is 1. The van der Waals surface area contributed by atoms with Gasteiger partial charge in [-0.2, -0.15) is 5.10 Å². The lowest BCUT2D eigenvalue weighted by molar-refractivity contribution is -0.135. The molecule has 3 rings (SSSR count). The average Bonchev–Trinajstić information content (AvgIpc) is 2.99. The molecule has 6 nitrogen and oxygen atoms in total. The molecule has 1 aromatic carbocycles. The Balaban J connectivity index is 2.06. The number of hydrogen-bond donors (Lipinski definition) is 2. The molecule has 0 fully saturated rings. The van der Waals surface area contributed by atoms with Gasteiger partial charge in [-0.15, -0.1) is 6.42 Å². The summed E-state index contributed by atoms with van der Waals surface area (Å²) in [6.07, 6.45) is 4.97. The molecular weight excluding hydrogens is 386 g/mol. The quantitative estimate of drug-likeness (QED) is 0.607. The van der Waals surface area contributed by atoms with Gasteiger partial charge in [-0.1, -0.05) is 21.9 Å². The van der Waals surface area contributed by atoms with Crippen LogP contribution in [-0.4, -0.2) is 33.5 Å². The second kappa shape index (κ2) is 6.14. The molecule has 0 unspecified atom stereocenters. The molecule has 0 aliphatic carbocycles. The van der Waals surface area contributed by atoms with E-state index in [-0.39, 0.29) is 18.7 Å². The number of carbonyl (C=O) groups is 2. The first-order valence-corrected chi connectivity index (χ1v) is 8.41. The molecule has 2 heterocycles. The normalized spacial score (nSPS) is 19.0. The largest absolute Gasteiger partial charge is 0.375 e. The monoisotopic (exact) mass is 401 g/mol. The lowest BCUT2D eigenvalue weighted by Crippen LogP contribution is -2.42. The number of fused-ring (bicyclic) bond motifs is 1. The first-order chi connectivity index (χ1) is 11.8. The van der Waals surface area contributed by atoms with Crippen molar-refractivity contribution >= 4 is 33.3 Å². The first-order valence-electron chi connectivity index (χ1n) is 7.62. The fourth-order valence-corrected chi connectivity index (χ4v) is 3.59. The van der Waals surface area contributed by atoms with Crippen LogP contribution >= 0.6 is 15.9 Å². The zero-order chi connectivity index (χ0) is 18.4. The van der Waals surface area contributed by atoms with Crippen LogP contribution in [0.25, 0.3) is 0 Å². The highest BCUT2D eigenvalue weighted by molar-refractivity contribution is 9.10. The zero-order valence-corrected chi connectivity index (χ0v) is 15.3. The SMILES string of the molecule is C#CCN1C(=O)[C@](O)(CC(=O)c2c(C)n[nH]c2C)c2cc(Br)ccc21. The van der Waals surface area contributed by atoms with Gasteiger partial charge in [0.2, 0.25) is 0 Å². The van der Waals surface area contributed by atoms with Crippen LogP contribution < -0.4 is 4.90 Å². The minimum atomic E-state index is -1.96. The van der Waals surface area contributed by atoms with Crippen molar-refractivity contribution in [2.24, 2.45) is 0 Å². The van der Waals surface area contributed by atoms with E-state index in [2.05, 4.69) is 32.0 Å². The number of carbonyl (C=O) groups excluding carboxylic acids is 2. The topological polar surface area (TPSA) is 86.3 Å². The molecule has 1 amide bonds. The van der Waals surface area contributed by atoms with E-state index in [0.29, 0.717) is 32.7 Å². The maximum absolute atomic E-state index is 12.8. The maximum atomic E-state index is 12.8. The van der Waals surface area contributed by atoms with Crippen LogP contribution in [0.1, 0.15) is 33.7 Å². The number of aromatic amines is 1. The summed E-state index contributed by atoms with van der Waals surface area (Å²) in [5.41, 5.74) is 0.464. The number of Topliss-reactive ketones (excluding diaryl/α,β-unsaturated/α-hetero) is 1. The third kappa shape index (κ3) is 2.68. The Morgan fingerprint density at radius 2 is 2.20 bits per heavy atom. The summed E-state index contributed by atoms with van der Waals surface area (Å²) in [5.74, 6) is 1.47. The highest BCUT2D eigenvalue weighted by Gasteiger charge is 2.51. The Morgan fingerprint density at radius 1 is 1.48 bits per heavy atom. The maximum Gasteiger partial charge on any atom is 0.265 e. The molecule has 7 heteroatoms. The van der Waals surface area contributed by atoms with Crippen LogP contribution in [0.4, 0.5) is 5.69 Å². The van der Waals surface area contributed by atoms with E-state index in [1.165, 1.54) is 4.90 Å². The van der Waals surface area contributed by atoms with Crippen molar-refractivity contribution in [3.8, 4) is 12.3 Å². The molecule has 0 bridgehead atoms. The molecule has 1 aromatic heterocycles. The fourth-order valence-electron chi connectivity index (χ4n) is 3.22. The van der Waals surface area contributed by atoms with E-state index in [4.69, 9.17) is 6.42 Å². The van der Waals surface area contributed by atoms with Crippen LogP contribution in [0.3, 0.4) is 0 Å². The fraction of sp³-hybridized carbons (Fsp3) is 0.278. The van der Waals surface area contributed by atoms with Gasteiger partial charge < -0.3 is 5.11 Å². The lowest BCUT2D eigenvalue weighted by atomic mass is 9.87. The first kappa shape index (κ1) is 17.4. The van der Waals surface area contributed by atoms with Crippen molar-refractivity contribution in [2.75, 3.05) is 11.4 Å². The van der Waals surface area contributed by atoms with Crippen molar-refractivity contribution < 1.29 is 14.7 Å². The predicted octanol–water partition coefficient (Wildman–Crippen LogP) is 2.23. The molecule has 1 aliphatic heterocycles. The Hall–Kier alpha value is -2.43. The van der Waals surface area contributed by atoms with E-state index in [1.807, 2.05) is 0 Å². The number of aryl methyl sites for hydroxylation is 2. The van der Waals surface area contributed by atoms with Gasteiger partial charge in [-0.3, -0.25) is 19.6 Å². The Kier molecular flexibility index (Phi) is 4.27. The van der Waals surface area contributed by atoms with Gasteiger partial charge in [0.15, 0.2) is 11.4 Å². The van der Waals surface area contributed by atoms with E-state index in [0.717, 1.165) is 0 Å². The van der Waals surface area contributed by atoms with Crippen molar-refractivity contribution in [3.05, 3.63) is 45.2 Å². The summed E-state index contributed by atoms with van der Waals surface area (Å²) in [6.45, 7) is 3.45. The van der Waals surface area contributed by atoms with Gasteiger partial charge in [0, 0.05) is 15.7 Å². The van der Waals surface area contributed by atoms with Crippen molar-refractivity contribution in [1.29, 1.82) is 0 Å². The van der Waals surface area contributed by atoms with E-state index >= 15 is 0 Å². The second-order valence-corrected chi connectivity index (χ2v) is 6.94. The van der Waals surface area contributed by atoms with Gasteiger partial charge >= 0.3 is 0 Å². The van der Waals surface area contributed by atoms with Gasteiger partial charge in [0.1, 0.15) is 0 Å². The summed E-state index contributed by atoms with van der Waals surface area (Å²) < 4.78 is 0.697. The number of terminal acetylenes is 1. The number of nitrogens with one attached hydrogen (secondary N) is 1. The minimum absolute atomic E-state index is 0.0216. The number of anilines is 1. The van der Waals surface area contributed by atoms with Crippen LogP contribution in [0, 0.1) is 26.2 Å². The van der Waals surface area contributed by atoms with Crippen molar-refractivity contribution in [1.82, 2.24) is 10.2 Å². The Bertz CT molecular complexity index is 909. The van der Waals surface area contributed by atoms with Crippen molar-refractivity contribution in [3.63, 3.8) is 0 Å². The summed E-state index contributed by atoms with van der Waals surface area (Å²) in [7, 11) is 0. The van der Waals surface area contributed by atoms with Gasteiger partial charge in [0.05, 0.1) is 29.9 Å². The molecule has 1 atom stereocenters. The van der Waals surface area contributed by atoms with Gasteiger partial charge in [-0.05, 0) is 32.0 Å². The molecule has 0 spiro atoms. The lowest BCUT2D eigenvalue weighted by Gasteiger charge is -2.22. The summed E-state index contributed by atoms with van der Waals surface area (Å²) in [5, 5.41) is 17.9. The average molecular weight is 402 g/mol. The molecule has 2 N–H and O–H groups in total. The third-order valence-electron chi connectivity index (χ3n) is 4.37. The van der Waals surface area contributed by atoms with Gasteiger partial charge in [0.25, 0.3) is 5.91 Å². The molecule has 25 heavy (non-hydrogen) atoms. The number of aromatic nitrogens is 2. The molecule has 128 valence electrons. The summed E-state index contributed by atoms with van der Waals surface area (Å²) in [4.78, 5) is 26.9. The van der Waals surface area contributed by atoms with Crippen LogP contribution in [-0.2, 0) is 10.4 Å². The molecular formula is C18H16BrN3O3. The van der Waals surface area contributed by atoms with Gasteiger partial charge in [-0.25, -0.2) is 0 Å². The Morgan fingerprint density at radius 3 is 2.80 bits per heavy atom. The van der Waals surface area contributed by atoms with E-state index in [1.54, 1.807) is 32.0 Å². The number of hydrogen-bond acceptors (Lipinski definition) is 4. The number of halogens is 1. The number of benzene rings is 1. The molecule has 0 saturated heterocycles. The summed E-state index contributed by atoms with van der Waals surface area (Å²) >= 11 is 3.34. The van der Waals surface area contributed by atoms with Crippen molar-refractivity contribution in [2.45, 2.75) is 25.9 Å². The molecule has 0 radical (unpaired) electrons. The standard InChI is InChI=1S/C18H16BrN3O3/c1-4-7-22-14-6-5-12(19)8-13(14)18(25,17(22)24)9-15(23)16-10(2)20-21-11(16)3/h1,5-6,8,25H,7,9H2,2-3H3,(H,20,21)/t18-/m0/s1. The second-order valence-electron chi connectivity index (χ2n) is 6.03. The number of aliphatic hydroxyl groups is 1. The van der Waals surface area contributed by atoms with E-state index < -0.39 is 11.5 Å². The molecule has 2 aromatic rings. The number of nitrogens with zero attached hydrogens (tertiary/aromatic N) is 2. The zero-order valence-electron chi connectivity index (χ0n) is 13.8. The number of ketones is 1.